The molecule has 4 rings (SSSR count). The third-order valence-corrected chi connectivity index (χ3v) is 5.80. The number of hydrogen-bond donors (Lipinski definition) is 1. The Hall–Kier alpha value is -3.92. The molecule has 0 aliphatic rings. The van der Waals surface area contributed by atoms with E-state index in [9.17, 15) is 8.42 Å². The van der Waals surface area contributed by atoms with Crippen molar-refractivity contribution in [2.45, 2.75) is 11.8 Å². The molecule has 0 radical (unpaired) electrons. The quantitative estimate of drug-likeness (QED) is 0.471. The standard InChI is InChI=1S/C21H19N5O4S/c1-15-22-11-12-26(15)20-13-21(24-14-23-20)30-18-5-3-16(4-6-18)25-31(27,28)19-9-7-17(29-2)8-10-19/h3-14,25H,1-2H3. The molecule has 0 aliphatic heterocycles. The molecule has 0 aliphatic carbocycles. The smallest absolute Gasteiger partial charge is 0.261 e. The Morgan fingerprint density at radius 1 is 0.935 bits per heavy atom. The van der Waals surface area contributed by atoms with Crippen LogP contribution in [0.5, 0.6) is 17.4 Å². The van der Waals surface area contributed by atoms with Crippen LogP contribution in [0.3, 0.4) is 0 Å². The van der Waals surface area contributed by atoms with Crippen molar-refractivity contribution in [1.82, 2.24) is 19.5 Å². The third-order valence-electron chi connectivity index (χ3n) is 4.40. The van der Waals surface area contributed by atoms with E-state index in [0.29, 0.717) is 28.9 Å². The molecule has 2 aromatic heterocycles. The van der Waals surface area contributed by atoms with Gasteiger partial charge in [0.2, 0.25) is 5.88 Å². The van der Waals surface area contributed by atoms with Crippen LogP contribution in [-0.2, 0) is 10.0 Å². The highest BCUT2D eigenvalue weighted by Crippen LogP contribution is 2.24. The number of hydrogen-bond acceptors (Lipinski definition) is 7. The van der Waals surface area contributed by atoms with E-state index in [-0.39, 0.29) is 4.90 Å². The molecule has 0 saturated carbocycles. The second kappa shape index (κ2) is 8.44. The van der Waals surface area contributed by atoms with Crippen LogP contribution in [0.1, 0.15) is 5.82 Å². The van der Waals surface area contributed by atoms with Crippen LogP contribution in [-0.4, -0.2) is 35.0 Å². The van der Waals surface area contributed by atoms with Gasteiger partial charge in [0, 0.05) is 24.1 Å². The fourth-order valence-electron chi connectivity index (χ4n) is 2.82. The Balaban J connectivity index is 1.47. The number of ether oxygens (including phenoxy) is 2. The SMILES string of the molecule is COc1ccc(S(=O)(=O)Nc2ccc(Oc3cc(-n4ccnc4C)ncn3)cc2)cc1. The van der Waals surface area contributed by atoms with E-state index in [1.807, 2.05) is 11.5 Å². The molecule has 4 aromatic rings. The summed E-state index contributed by atoms with van der Waals surface area (Å²) < 4.78 is 40.3. The van der Waals surface area contributed by atoms with Crippen LogP contribution in [0.15, 0.2) is 78.2 Å². The van der Waals surface area contributed by atoms with Crippen LogP contribution in [0.2, 0.25) is 0 Å². The third kappa shape index (κ3) is 4.64. The van der Waals surface area contributed by atoms with Crippen LogP contribution in [0.25, 0.3) is 5.82 Å². The highest BCUT2D eigenvalue weighted by molar-refractivity contribution is 7.92. The number of anilines is 1. The van der Waals surface area contributed by atoms with Gasteiger partial charge in [0.05, 0.1) is 12.0 Å². The Morgan fingerprint density at radius 3 is 2.29 bits per heavy atom. The molecule has 2 aromatic carbocycles. The van der Waals surface area contributed by atoms with Crippen molar-refractivity contribution < 1.29 is 17.9 Å². The maximum absolute atomic E-state index is 12.5. The van der Waals surface area contributed by atoms with E-state index < -0.39 is 10.0 Å². The van der Waals surface area contributed by atoms with Crippen molar-refractivity contribution in [2.75, 3.05) is 11.8 Å². The van der Waals surface area contributed by atoms with E-state index in [2.05, 4.69) is 19.7 Å². The van der Waals surface area contributed by atoms with Crippen LogP contribution >= 0.6 is 0 Å². The second-order valence-electron chi connectivity index (χ2n) is 6.47. The summed E-state index contributed by atoms with van der Waals surface area (Å²) in [6.45, 7) is 1.87. The van der Waals surface area contributed by atoms with Gasteiger partial charge in [-0.05, 0) is 55.5 Å². The maximum Gasteiger partial charge on any atom is 0.261 e. The zero-order chi connectivity index (χ0) is 21.8. The van der Waals surface area contributed by atoms with Gasteiger partial charge in [0.1, 0.15) is 29.5 Å². The number of rotatable bonds is 7. The summed E-state index contributed by atoms with van der Waals surface area (Å²) in [4.78, 5) is 12.7. The number of aromatic nitrogens is 4. The topological polar surface area (TPSA) is 108 Å². The lowest BCUT2D eigenvalue weighted by atomic mass is 10.3. The highest BCUT2D eigenvalue weighted by Gasteiger charge is 2.14. The molecule has 0 unspecified atom stereocenters. The van der Waals surface area contributed by atoms with E-state index >= 15 is 0 Å². The molecule has 0 bridgehead atoms. The Morgan fingerprint density at radius 2 is 1.65 bits per heavy atom. The molecule has 158 valence electrons. The predicted molar refractivity (Wildman–Crippen MR) is 114 cm³/mol. The fraction of sp³-hybridized carbons (Fsp3) is 0.0952. The molecule has 0 amide bonds. The van der Waals surface area contributed by atoms with E-state index in [1.165, 1.54) is 25.6 Å². The molecule has 2 heterocycles. The van der Waals surface area contributed by atoms with Gasteiger partial charge in [-0.3, -0.25) is 9.29 Å². The molecule has 0 saturated heterocycles. The molecule has 0 fully saturated rings. The highest BCUT2D eigenvalue weighted by atomic mass is 32.2. The fourth-order valence-corrected chi connectivity index (χ4v) is 3.88. The normalized spacial score (nSPS) is 11.2. The van der Waals surface area contributed by atoms with Gasteiger partial charge in [-0.25, -0.2) is 23.4 Å². The van der Waals surface area contributed by atoms with E-state index in [0.717, 1.165) is 5.82 Å². The summed E-state index contributed by atoms with van der Waals surface area (Å²) in [6.07, 6.45) is 4.89. The Bertz CT molecular complexity index is 1290. The summed E-state index contributed by atoms with van der Waals surface area (Å²) in [5.41, 5.74) is 0.403. The number of nitrogens with one attached hydrogen (secondary N) is 1. The van der Waals surface area contributed by atoms with Gasteiger partial charge in [0.15, 0.2) is 0 Å². The van der Waals surface area contributed by atoms with Gasteiger partial charge in [-0.2, -0.15) is 0 Å². The molecule has 0 spiro atoms. The monoisotopic (exact) mass is 437 g/mol. The minimum Gasteiger partial charge on any atom is -0.497 e. The van der Waals surface area contributed by atoms with Crippen molar-refractivity contribution in [2.24, 2.45) is 0 Å². The predicted octanol–water partition coefficient (Wildman–Crippen LogP) is 3.57. The molecule has 1 N–H and O–H groups in total. The van der Waals surface area contributed by atoms with Crippen LogP contribution in [0, 0.1) is 6.92 Å². The minimum atomic E-state index is -3.72. The van der Waals surface area contributed by atoms with E-state index in [1.54, 1.807) is 54.9 Å². The number of sulfonamides is 1. The van der Waals surface area contributed by atoms with Crippen molar-refractivity contribution in [3.8, 4) is 23.2 Å². The van der Waals surface area contributed by atoms with Crippen molar-refractivity contribution in [1.29, 1.82) is 0 Å². The first-order valence-electron chi connectivity index (χ1n) is 9.22. The summed E-state index contributed by atoms with van der Waals surface area (Å²) in [5, 5.41) is 0. The molecular weight excluding hydrogens is 418 g/mol. The zero-order valence-electron chi connectivity index (χ0n) is 16.8. The summed E-state index contributed by atoms with van der Waals surface area (Å²) in [5.74, 6) is 2.85. The molecule has 10 heteroatoms. The van der Waals surface area contributed by atoms with Gasteiger partial charge in [-0.1, -0.05) is 0 Å². The number of nitrogens with zero attached hydrogens (tertiary/aromatic N) is 4. The van der Waals surface area contributed by atoms with Gasteiger partial charge >= 0.3 is 0 Å². The molecule has 31 heavy (non-hydrogen) atoms. The molecule has 0 atom stereocenters. The summed E-state index contributed by atoms with van der Waals surface area (Å²) in [7, 11) is -2.20. The lowest BCUT2D eigenvalue weighted by Crippen LogP contribution is -2.12. The summed E-state index contributed by atoms with van der Waals surface area (Å²) >= 11 is 0. The average molecular weight is 437 g/mol. The van der Waals surface area contributed by atoms with Crippen LogP contribution < -0.4 is 14.2 Å². The second-order valence-corrected chi connectivity index (χ2v) is 8.15. The van der Waals surface area contributed by atoms with Gasteiger partial charge < -0.3 is 9.47 Å². The minimum absolute atomic E-state index is 0.136. The number of benzene rings is 2. The van der Waals surface area contributed by atoms with E-state index in [4.69, 9.17) is 9.47 Å². The summed E-state index contributed by atoms with van der Waals surface area (Å²) in [6, 6.07) is 14.3. The Kier molecular flexibility index (Phi) is 5.54. The number of aryl methyl sites for hydroxylation is 1. The van der Waals surface area contributed by atoms with Gasteiger partial charge in [-0.15, -0.1) is 0 Å². The average Bonchev–Trinajstić information content (AvgIpc) is 3.21. The first-order chi connectivity index (χ1) is 14.9. The molecule has 9 nitrogen and oxygen atoms in total. The maximum atomic E-state index is 12.5. The van der Waals surface area contributed by atoms with Gasteiger partial charge in [0.25, 0.3) is 10.0 Å². The number of methoxy groups -OCH3 is 1. The Labute approximate surface area is 179 Å². The lowest BCUT2D eigenvalue weighted by Gasteiger charge is -2.10. The lowest BCUT2D eigenvalue weighted by molar-refractivity contribution is 0.414. The largest absolute Gasteiger partial charge is 0.497 e. The van der Waals surface area contributed by atoms with Crippen molar-refractivity contribution in [3.63, 3.8) is 0 Å². The van der Waals surface area contributed by atoms with Crippen LogP contribution in [0.4, 0.5) is 5.69 Å². The number of imidazole rings is 1. The first-order valence-corrected chi connectivity index (χ1v) is 10.7. The van der Waals surface area contributed by atoms with Crippen molar-refractivity contribution in [3.05, 3.63) is 79.1 Å². The first kappa shape index (κ1) is 20.4. The molecular formula is C21H19N5O4S. The zero-order valence-corrected chi connectivity index (χ0v) is 17.6. The van der Waals surface area contributed by atoms with Crippen molar-refractivity contribution >= 4 is 15.7 Å².